The molecule has 0 atom stereocenters. The molecule has 0 bridgehead atoms. The third-order valence-corrected chi connectivity index (χ3v) is 4.56. The quantitative estimate of drug-likeness (QED) is 0.542. The zero-order valence-electron chi connectivity index (χ0n) is 17.0. The van der Waals surface area contributed by atoms with E-state index in [1.807, 2.05) is 0 Å². The van der Waals surface area contributed by atoms with Crippen molar-refractivity contribution < 1.29 is 0 Å². The van der Waals surface area contributed by atoms with Crippen molar-refractivity contribution in [1.82, 2.24) is 4.67 Å². The summed E-state index contributed by atoms with van der Waals surface area (Å²) in [6.45, 7) is 20.6. The van der Waals surface area contributed by atoms with Crippen LogP contribution in [0.4, 0.5) is 5.69 Å². The third kappa shape index (κ3) is 5.40. The lowest BCUT2D eigenvalue weighted by atomic mass is 9.74. The Labute approximate surface area is 145 Å². The maximum atomic E-state index is 4.96. The SMILES string of the molecule is CN(C)P=Nc1c(C(C)(C)C)cc(C(C)(C)C)cc1C(C)(C)C. The molecule has 1 aromatic carbocycles. The summed E-state index contributed by atoms with van der Waals surface area (Å²) in [6, 6.07) is 4.75. The van der Waals surface area contributed by atoms with Crippen molar-refractivity contribution in [3.05, 3.63) is 28.8 Å². The fraction of sp³-hybridized carbons (Fsp3) is 0.700. The van der Waals surface area contributed by atoms with Gasteiger partial charge >= 0.3 is 0 Å². The fourth-order valence-electron chi connectivity index (χ4n) is 2.45. The van der Waals surface area contributed by atoms with Gasteiger partial charge in [-0.05, 0) is 47.0 Å². The topological polar surface area (TPSA) is 15.6 Å². The molecule has 3 heteroatoms. The van der Waals surface area contributed by atoms with Gasteiger partial charge in [0.25, 0.3) is 0 Å². The number of rotatable bonds is 2. The second-order valence-corrected chi connectivity index (χ2v) is 10.9. The van der Waals surface area contributed by atoms with Crippen molar-refractivity contribution in [2.45, 2.75) is 78.6 Å². The number of benzene rings is 1. The van der Waals surface area contributed by atoms with Gasteiger partial charge in [-0.2, -0.15) is 0 Å². The Morgan fingerprint density at radius 2 is 1.13 bits per heavy atom. The van der Waals surface area contributed by atoms with Crippen molar-refractivity contribution in [1.29, 1.82) is 0 Å². The van der Waals surface area contributed by atoms with E-state index in [1.54, 1.807) is 0 Å². The highest BCUT2D eigenvalue weighted by Gasteiger charge is 2.29. The van der Waals surface area contributed by atoms with E-state index in [-0.39, 0.29) is 16.2 Å². The van der Waals surface area contributed by atoms with E-state index in [0.29, 0.717) is 0 Å². The largest absolute Gasteiger partial charge is 0.248 e. The molecule has 0 heterocycles. The van der Waals surface area contributed by atoms with E-state index < -0.39 is 0 Å². The summed E-state index contributed by atoms with van der Waals surface area (Å²) in [5.74, 6) is 0. The van der Waals surface area contributed by atoms with E-state index >= 15 is 0 Å². The lowest BCUT2D eigenvalue weighted by Crippen LogP contribution is -2.21. The second kappa shape index (κ2) is 6.65. The van der Waals surface area contributed by atoms with Crippen LogP contribution in [0.1, 0.15) is 79.0 Å². The first-order chi connectivity index (χ1) is 10.1. The predicted octanol–water partition coefficient (Wildman–Crippen LogP) is 6.82. The second-order valence-electron chi connectivity index (χ2n) is 9.71. The Kier molecular flexibility index (Phi) is 5.88. The molecule has 0 amide bonds. The van der Waals surface area contributed by atoms with Crippen LogP contribution in [-0.2, 0) is 16.2 Å². The van der Waals surface area contributed by atoms with E-state index in [9.17, 15) is 0 Å². The Morgan fingerprint density at radius 1 is 0.739 bits per heavy atom. The van der Waals surface area contributed by atoms with Gasteiger partial charge in [0.05, 0.1) is 14.2 Å². The maximum Gasteiger partial charge on any atom is 0.0985 e. The Balaban J connectivity index is 3.82. The molecule has 0 fully saturated rings. The maximum absolute atomic E-state index is 4.96. The minimum atomic E-state index is 0.0714. The molecule has 0 saturated carbocycles. The first-order valence-electron chi connectivity index (χ1n) is 8.42. The van der Waals surface area contributed by atoms with Gasteiger partial charge in [0.1, 0.15) is 0 Å². The highest BCUT2D eigenvalue weighted by Crippen LogP contribution is 2.44. The Morgan fingerprint density at radius 3 is 1.39 bits per heavy atom. The molecule has 0 radical (unpaired) electrons. The average molecular weight is 334 g/mol. The lowest BCUT2D eigenvalue weighted by molar-refractivity contribution is 0.550. The molecule has 0 aromatic heterocycles. The van der Waals surface area contributed by atoms with Gasteiger partial charge in [-0.15, -0.1) is 0 Å². The molecule has 0 aliphatic rings. The monoisotopic (exact) mass is 334 g/mol. The molecular formula is C20H35N2P. The average Bonchev–Trinajstić information content (AvgIpc) is 2.31. The van der Waals surface area contributed by atoms with Crippen LogP contribution in [0.15, 0.2) is 16.9 Å². The van der Waals surface area contributed by atoms with Gasteiger partial charge in [0.15, 0.2) is 0 Å². The normalized spacial score (nSPS) is 14.1. The summed E-state index contributed by atoms with van der Waals surface area (Å²) in [4.78, 5) is 0. The van der Waals surface area contributed by atoms with Crippen LogP contribution in [0.25, 0.3) is 0 Å². The molecule has 0 spiro atoms. The molecule has 23 heavy (non-hydrogen) atoms. The number of hydrogen-bond donors (Lipinski definition) is 0. The first kappa shape index (κ1) is 20.3. The van der Waals surface area contributed by atoms with E-state index in [4.69, 9.17) is 4.74 Å². The smallest absolute Gasteiger partial charge is 0.0985 e. The van der Waals surface area contributed by atoms with Crippen molar-refractivity contribution in [3.63, 3.8) is 0 Å². The molecule has 0 unspecified atom stereocenters. The highest BCUT2D eigenvalue weighted by molar-refractivity contribution is 7.24. The molecule has 1 aromatic rings. The summed E-state index contributed by atoms with van der Waals surface area (Å²) < 4.78 is 7.05. The minimum Gasteiger partial charge on any atom is -0.248 e. The molecule has 0 aliphatic carbocycles. The predicted molar refractivity (Wildman–Crippen MR) is 105 cm³/mol. The minimum absolute atomic E-state index is 0.0714. The van der Waals surface area contributed by atoms with E-state index in [1.165, 1.54) is 22.4 Å². The van der Waals surface area contributed by atoms with E-state index in [2.05, 4.69) is 93.2 Å². The molecule has 0 N–H and O–H groups in total. The van der Waals surface area contributed by atoms with Gasteiger partial charge < -0.3 is 0 Å². The van der Waals surface area contributed by atoms with Crippen LogP contribution >= 0.6 is 8.52 Å². The Hall–Kier alpha value is -0.720. The summed E-state index contributed by atoms with van der Waals surface area (Å²) in [7, 11) is 5.10. The number of nitrogens with zero attached hydrogens (tertiary/aromatic N) is 2. The lowest BCUT2D eigenvalue weighted by Gasteiger charge is -2.32. The molecule has 2 nitrogen and oxygen atoms in total. The standard InChI is InChI=1S/C20H35N2P/c1-18(2,3)14-12-15(19(4,5)6)17(21-23-22(10)11)16(13-14)20(7,8)9/h12-13H,1-11H3. The summed E-state index contributed by atoms with van der Waals surface area (Å²) >= 11 is 0. The Bertz CT molecular complexity index is 544. The van der Waals surface area contributed by atoms with Crippen LogP contribution < -0.4 is 0 Å². The zero-order valence-corrected chi connectivity index (χ0v) is 17.9. The molecule has 0 saturated heterocycles. The van der Waals surface area contributed by atoms with Gasteiger partial charge in [0.2, 0.25) is 0 Å². The van der Waals surface area contributed by atoms with E-state index in [0.717, 1.165) is 8.52 Å². The summed E-state index contributed by atoms with van der Waals surface area (Å²) in [5, 5.41) is 0. The van der Waals surface area contributed by atoms with Crippen LogP contribution in [0, 0.1) is 0 Å². The fourth-order valence-corrected chi connectivity index (χ4v) is 2.94. The van der Waals surface area contributed by atoms with Gasteiger partial charge in [-0.1, -0.05) is 74.4 Å². The molecule has 130 valence electrons. The highest BCUT2D eigenvalue weighted by atomic mass is 31.1. The van der Waals surface area contributed by atoms with Gasteiger partial charge in [-0.3, -0.25) is 0 Å². The molecular weight excluding hydrogens is 299 g/mol. The van der Waals surface area contributed by atoms with Crippen LogP contribution in [0.3, 0.4) is 0 Å². The van der Waals surface area contributed by atoms with Crippen LogP contribution in [0.5, 0.6) is 0 Å². The first-order valence-corrected chi connectivity index (χ1v) is 9.22. The summed E-state index contributed by atoms with van der Waals surface area (Å²) in [6.07, 6.45) is 0. The zero-order chi connectivity index (χ0) is 18.2. The van der Waals surface area contributed by atoms with Crippen molar-refractivity contribution in [2.75, 3.05) is 14.1 Å². The summed E-state index contributed by atoms with van der Waals surface area (Å²) in [5.41, 5.74) is 5.55. The van der Waals surface area contributed by atoms with Crippen molar-refractivity contribution in [3.8, 4) is 0 Å². The third-order valence-electron chi connectivity index (χ3n) is 3.92. The molecule has 0 aliphatic heterocycles. The number of hydrogen-bond acceptors (Lipinski definition) is 1. The van der Waals surface area contributed by atoms with Crippen LogP contribution in [0.2, 0.25) is 0 Å². The van der Waals surface area contributed by atoms with Crippen molar-refractivity contribution >= 4 is 14.2 Å². The molecule has 1 rings (SSSR count). The van der Waals surface area contributed by atoms with Gasteiger partial charge in [0, 0.05) is 0 Å². The van der Waals surface area contributed by atoms with Gasteiger partial charge in [-0.25, -0.2) is 9.42 Å². The van der Waals surface area contributed by atoms with Crippen molar-refractivity contribution in [2.24, 2.45) is 4.74 Å². The van der Waals surface area contributed by atoms with Crippen LogP contribution in [-0.4, -0.2) is 18.8 Å².